The molecular formula is C16H24N4O. The van der Waals surface area contributed by atoms with Gasteiger partial charge >= 0.3 is 0 Å². The van der Waals surface area contributed by atoms with E-state index >= 15 is 0 Å². The molecule has 3 rings (SSSR count). The van der Waals surface area contributed by atoms with Crippen molar-refractivity contribution in [1.29, 1.82) is 0 Å². The maximum Gasteiger partial charge on any atom is 0.242 e. The van der Waals surface area contributed by atoms with Crippen LogP contribution in [0.2, 0.25) is 0 Å². The number of aryl methyl sites for hydroxylation is 1. The van der Waals surface area contributed by atoms with E-state index in [4.69, 9.17) is 0 Å². The largest absolute Gasteiger partial charge is 0.340 e. The van der Waals surface area contributed by atoms with Crippen molar-refractivity contribution in [3.63, 3.8) is 0 Å². The minimum atomic E-state index is -0.315. The third kappa shape index (κ3) is 2.55. The van der Waals surface area contributed by atoms with Gasteiger partial charge in [0.2, 0.25) is 5.91 Å². The first-order valence-corrected chi connectivity index (χ1v) is 7.81. The summed E-state index contributed by atoms with van der Waals surface area (Å²) in [7, 11) is 2.07. The standard InChI is InChI=1S/C16H24N4O/c1-12-17-8-6-14(18-12)13-10-20(11-13)15(21)16(2)7-4-5-9-19(16)3/h6,8,13H,4-5,7,9-11H2,1-3H3. The SMILES string of the molecule is Cc1nccc(C2CN(C(=O)C3(C)CCCCN3C)C2)n1. The minimum absolute atomic E-state index is 0.284. The Morgan fingerprint density at radius 3 is 2.81 bits per heavy atom. The first-order chi connectivity index (χ1) is 10.0. The van der Waals surface area contributed by atoms with E-state index < -0.39 is 0 Å². The Labute approximate surface area is 126 Å². The molecule has 0 bridgehead atoms. The molecule has 0 radical (unpaired) electrons. The Morgan fingerprint density at radius 1 is 1.38 bits per heavy atom. The molecule has 2 aliphatic rings. The molecule has 0 spiro atoms. The number of piperidine rings is 1. The summed E-state index contributed by atoms with van der Waals surface area (Å²) in [5, 5.41) is 0. The van der Waals surface area contributed by atoms with E-state index in [1.807, 2.05) is 17.9 Å². The second-order valence-corrected chi connectivity index (χ2v) is 6.59. The number of carbonyl (C=O) groups is 1. The molecule has 1 unspecified atom stereocenters. The van der Waals surface area contributed by atoms with Gasteiger partial charge in [0, 0.05) is 25.2 Å². The fourth-order valence-corrected chi connectivity index (χ4v) is 3.40. The number of rotatable bonds is 2. The van der Waals surface area contributed by atoms with Crippen LogP contribution in [0.1, 0.15) is 43.6 Å². The van der Waals surface area contributed by atoms with Crippen molar-refractivity contribution < 1.29 is 4.79 Å². The number of amides is 1. The Morgan fingerprint density at radius 2 is 2.14 bits per heavy atom. The molecule has 0 aromatic carbocycles. The molecule has 0 N–H and O–H groups in total. The van der Waals surface area contributed by atoms with E-state index in [9.17, 15) is 4.79 Å². The van der Waals surface area contributed by atoms with Crippen LogP contribution in [0.15, 0.2) is 12.3 Å². The summed E-state index contributed by atoms with van der Waals surface area (Å²) in [6.07, 6.45) is 5.12. The highest BCUT2D eigenvalue weighted by Gasteiger charge is 2.45. The van der Waals surface area contributed by atoms with Gasteiger partial charge in [-0.05, 0) is 52.8 Å². The van der Waals surface area contributed by atoms with Gasteiger partial charge in [-0.15, -0.1) is 0 Å². The normalized spacial score (nSPS) is 27.5. The lowest BCUT2D eigenvalue weighted by atomic mass is 9.85. The quantitative estimate of drug-likeness (QED) is 0.829. The van der Waals surface area contributed by atoms with Crippen LogP contribution in [0.5, 0.6) is 0 Å². The molecule has 114 valence electrons. The van der Waals surface area contributed by atoms with Crippen LogP contribution in [-0.4, -0.2) is 57.9 Å². The zero-order chi connectivity index (χ0) is 15.0. The Hall–Kier alpha value is -1.49. The summed E-state index contributed by atoms with van der Waals surface area (Å²) < 4.78 is 0. The maximum atomic E-state index is 12.8. The number of likely N-dealkylation sites (tertiary alicyclic amines) is 2. The van der Waals surface area contributed by atoms with E-state index in [-0.39, 0.29) is 11.4 Å². The average molecular weight is 288 g/mol. The summed E-state index contributed by atoms with van der Waals surface area (Å²) >= 11 is 0. The van der Waals surface area contributed by atoms with Crippen LogP contribution in [0.25, 0.3) is 0 Å². The fraction of sp³-hybridized carbons (Fsp3) is 0.688. The second kappa shape index (κ2) is 5.37. The summed E-state index contributed by atoms with van der Waals surface area (Å²) in [5.41, 5.74) is 0.749. The van der Waals surface area contributed by atoms with Crippen LogP contribution < -0.4 is 0 Å². The van der Waals surface area contributed by atoms with Crippen molar-refractivity contribution in [2.45, 2.75) is 44.6 Å². The lowest BCUT2D eigenvalue weighted by Crippen LogP contribution is -2.62. The Balaban J connectivity index is 1.64. The van der Waals surface area contributed by atoms with Gasteiger partial charge in [0.25, 0.3) is 0 Å². The fourth-order valence-electron chi connectivity index (χ4n) is 3.40. The molecule has 2 aliphatic heterocycles. The number of nitrogens with zero attached hydrogens (tertiary/aromatic N) is 4. The van der Waals surface area contributed by atoms with Gasteiger partial charge in [-0.2, -0.15) is 0 Å². The van der Waals surface area contributed by atoms with E-state index in [1.165, 1.54) is 6.42 Å². The van der Waals surface area contributed by atoms with Crippen molar-refractivity contribution in [3.8, 4) is 0 Å². The molecule has 0 aliphatic carbocycles. The summed E-state index contributed by atoms with van der Waals surface area (Å²) in [4.78, 5) is 25.6. The highest BCUT2D eigenvalue weighted by molar-refractivity contribution is 5.87. The van der Waals surface area contributed by atoms with Crippen molar-refractivity contribution in [1.82, 2.24) is 19.8 Å². The second-order valence-electron chi connectivity index (χ2n) is 6.59. The molecule has 1 amide bonds. The van der Waals surface area contributed by atoms with Gasteiger partial charge in [0.05, 0.1) is 11.2 Å². The zero-order valence-electron chi connectivity index (χ0n) is 13.2. The maximum absolute atomic E-state index is 12.8. The molecule has 1 aromatic rings. The number of hydrogen-bond donors (Lipinski definition) is 0. The van der Waals surface area contributed by atoms with Crippen LogP contribution >= 0.6 is 0 Å². The van der Waals surface area contributed by atoms with Crippen molar-refractivity contribution >= 4 is 5.91 Å². The molecule has 1 aromatic heterocycles. The van der Waals surface area contributed by atoms with Crippen LogP contribution in [0, 0.1) is 6.92 Å². The number of aromatic nitrogens is 2. The monoisotopic (exact) mass is 288 g/mol. The lowest BCUT2D eigenvalue weighted by molar-refractivity contribution is -0.149. The van der Waals surface area contributed by atoms with Gasteiger partial charge in [-0.3, -0.25) is 9.69 Å². The predicted molar refractivity (Wildman–Crippen MR) is 81.0 cm³/mol. The number of carbonyl (C=O) groups excluding carboxylic acids is 1. The smallest absolute Gasteiger partial charge is 0.242 e. The molecular weight excluding hydrogens is 264 g/mol. The van der Waals surface area contributed by atoms with E-state index in [2.05, 4.69) is 28.8 Å². The topological polar surface area (TPSA) is 49.3 Å². The summed E-state index contributed by atoms with van der Waals surface area (Å²) in [6, 6.07) is 1.97. The molecule has 0 saturated carbocycles. The Kier molecular flexibility index (Phi) is 3.69. The number of hydrogen-bond acceptors (Lipinski definition) is 4. The van der Waals surface area contributed by atoms with E-state index in [1.54, 1.807) is 6.20 Å². The highest BCUT2D eigenvalue weighted by atomic mass is 16.2. The number of likely N-dealkylation sites (N-methyl/N-ethyl adjacent to an activating group) is 1. The average Bonchev–Trinajstić information content (AvgIpc) is 2.40. The molecule has 3 heterocycles. The molecule has 2 saturated heterocycles. The van der Waals surface area contributed by atoms with Crippen molar-refractivity contribution in [3.05, 3.63) is 23.8 Å². The van der Waals surface area contributed by atoms with Crippen LogP contribution in [-0.2, 0) is 4.79 Å². The van der Waals surface area contributed by atoms with Gasteiger partial charge in [0.1, 0.15) is 5.82 Å². The van der Waals surface area contributed by atoms with Gasteiger partial charge in [-0.1, -0.05) is 0 Å². The minimum Gasteiger partial charge on any atom is -0.340 e. The summed E-state index contributed by atoms with van der Waals surface area (Å²) in [6.45, 7) is 6.60. The zero-order valence-corrected chi connectivity index (χ0v) is 13.2. The summed E-state index contributed by atoms with van der Waals surface area (Å²) in [5.74, 6) is 1.45. The first-order valence-electron chi connectivity index (χ1n) is 7.81. The van der Waals surface area contributed by atoms with Crippen LogP contribution in [0.3, 0.4) is 0 Å². The lowest BCUT2D eigenvalue weighted by Gasteiger charge is -2.48. The predicted octanol–water partition coefficient (Wildman–Crippen LogP) is 1.59. The molecule has 21 heavy (non-hydrogen) atoms. The van der Waals surface area contributed by atoms with Crippen molar-refractivity contribution in [2.24, 2.45) is 0 Å². The molecule has 5 heteroatoms. The van der Waals surface area contributed by atoms with E-state index in [0.29, 0.717) is 5.92 Å². The van der Waals surface area contributed by atoms with Crippen LogP contribution in [0.4, 0.5) is 0 Å². The van der Waals surface area contributed by atoms with E-state index in [0.717, 1.165) is 44.0 Å². The van der Waals surface area contributed by atoms with Gasteiger partial charge in [-0.25, -0.2) is 9.97 Å². The highest BCUT2D eigenvalue weighted by Crippen LogP contribution is 2.33. The third-order valence-electron chi connectivity index (χ3n) is 5.09. The first kappa shape index (κ1) is 14.4. The van der Waals surface area contributed by atoms with Gasteiger partial charge in [0.15, 0.2) is 0 Å². The Bertz CT molecular complexity index is 541. The third-order valence-corrected chi connectivity index (χ3v) is 5.09. The van der Waals surface area contributed by atoms with Crippen molar-refractivity contribution in [2.75, 3.05) is 26.7 Å². The molecule has 1 atom stereocenters. The molecule has 5 nitrogen and oxygen atoms in total. The molecule has 2 fully saturated rings. The van der Waals surface area contributed by atoms with Gasteiger partial charge < -0.3 is 4.90 Å².